The molecule has 2 nitrogen and oxygen atoms in total. The van der Waals surface area contributed by atoms with Gasteiger partial charge in [0.05, 0.1) is 7.11 Å². The van der Waals surface area contributed by atoms with Gasteiger partial charge in [-0.1, -0.05) is 26.0 Å². The smallest absolute Gasteiger partial charge is 0.119 e. The zero-order valence-corrected chi connectivity index (χ0v) is 12.5. The van der Waals surface area contributed by atoms with E-state index in [9.17, 15) is 0 Å². The van der Waals surface area contributed by atoms with Crippen LogP contribution in [0.4, 0.5) is 0 Å². The van der Waals surface area contributed by atoms with Gasteiger partial charge in [0.25, 0.3) is 0 Å². The molecule has 1 aromatic rings. The summed E-state index contributed by atoms with van der Waals surface area (Å²) in [5.41, 5.74) is 1.41. The summed E-state index contributed by atoms with van der Waals surface area (Å²) in [5, 5.41) is 3.62. The summed E-state index contributed by atoms with van der Waals surface area (Å²) in [5.74, 6) is 3.43. The quantitative estimate of drug-likeness (QED) is 0.773. The highest BCUT2D eigenvalue weighted by atomic mass is 16.5. The fourth-order valence-corrected chi connectivity index (χ4v) is 2.63. The molecule has 1 unspecified atom stereocenters. The van der Waals surface area contributed by atoms with Gasteiger partial charge < -0.3 is 10.1 Å². The Morgan fingerprint density at radius 1 is 1.26 bits per heavy atom. The Balaban J connectivity index is 1.88. The summed E-state index contributed by atoms with van der Waals surface area (Å²) in [6.07, 6.45) is 4.00. The number of hydrogen-bond acceptors (Lipinski definition) is 2. The summed E-state index contributed by atoms with van der Waals surface area (Å²) in [7, 11) is 1.74. The number of ether oxygens (including phenoxy) is 1. The van der Waals surface area contributed by atoms with Gasteiger partial charge in [-0.2, -0.15) is 0 Å². The molecule has 2 heteroatoms. The first-order valence-electron chi connectivity index (χ1n) is 7.52. The second-order valence-electron chi connectivity index (χ2n) is 6.21. The summed E-state index contributed by atoms with van der Waals surface area (Å²) >= 11 is 0. The van der Waals surface area contributed by atoms with Crippen molar-refractivity contribution in [1.29, 1.82) is 0 Å². The maximum atomic E-state index is 5.31. The maximum absolute atomic E-state index is 5.31. The van der Waals surface area contributed by atoms with Crippen molar-refractivity contribution >= 4 is 0 Å². The minimum absolute atomic E-state index is 0.733. The lowest BCUT2D eigenvalue weighted by molar-refractivity contribution is 0.402. The molecule has 0 saturated heterocycles. The highest BCUT2D eigenvalue weighted by Crippen LogP contribution is 2.38. The van der Waals surface area contributed by atoms with Crippen LogP contribution in [0, 0.1) is 17.8 Å². The van der Waals surface area contributed by atoms with Crippen molar-refractivity contribution in [2.75, 3.05) is 20.2 Å². The van der Waals surface area contributed by atoms with Gasteiger partial charge in [-0.15, -0.1) is 0 Å². The van der Waals surface area contributed by atoms with E-state index >= 15 is 0 Å². The van der Waals surface area contributed by atoms with Crippen molar-refractivity contribution in [3.8, 4) is 5.75 Å². The largest absolute Gasteiger partial charge is 0.497 e. The highest BCUT2D eigenvalue weighted by Gasteiger charge is 2.30. The second-order valence-corrected chi connectivity index (χ2v) is 6.21. The van der Waals surface area contributed by atoms with Gasteiger partial charge in [-0.3, -0.25) is 0 Å². The van der Waals surface area contributed by atoms with Crippen molar-refractivity contribution in [3.63, 3.8) is 0 Å². The first-order valence-corrected chi connectivity index (χ1v) is 7.52. The lowest BCUT2D eigenvalue weighted by Crippen LogP contribution is -2.28. The molecule has 0 radical (unpaired) electrons. The van der Waals surface area contributed by atoms with E-state index in [0.29, 0.717) is 0 Å². The highest BCUT2D eigenvalue weighted by molar-refractivity contribution is 5.28. The molecule has 1 aliphatic carbocycles. The predicted molar refractivity (Wildman–Crippen MR) is 80.6 cm³/mol. The maximum Gasteiger partial charge on any atom is 0.119 e. The molecule has 106 valence electrons. The van der Waals surface area contributed by atoms with E-state index in [1.807, 2.05) is 6.07 Å². The Kier molecular flexibility index (Phi) is 5.26. The molecule has 0 aliphatic heterocycles. The van der Waals surface area contributed by atoms with Gasteiger partial charge in [0.15, 0.2) is 0 Å². The van der Waals surface area contributed by atoms with Crippen molar-refractivity contribution in [2.24, 2.45) is 17.8 Å². The van der Waals surface area contributed by atoms with Crippen LogP contribution >= 0.6 is 0 Å². The lowest BCUT2D eigenvalue weighted by atomic mass is 9.94. The fraction of sp³-hybridized carbons (Fsp3) is 0.647. The van der Waals surface area contributed by atoms with Crippen LogP contribution in [0.1, 0.15) is 32.3 Å². The number of benzene rings is 1. The molecule has 1 aromatic carbocycles. The van der Waals surface area contributed by atoms with Crippen LogP contribution in [0.3, 0.4) is 0 Å². The number of hydrogen-bond donors (Lipinski definition) is 1. The van der Waals surface area contributed by atoms with Crippen molar-refractivity contribution in [3.05, 3.63) is 29.8 Å². The fourth-order valence-electron chi connectivity index (χ4n) is 2.63. The molecule has 1 atom stereocenters. The predicted octanol–water partition coefficient (Wildman–Crippen LogP) is 3.51. The van der Waals surface area contributed by atoms with E-state index in [1.165, 1.54) is 24.8 Å². The van der Waals surface area contributed by atoms with E-state index in [4.69, 9.17) is 4.74 Å². The molecule has 1 aliphatic rings. The van der Waals surface area contributed by atoms with E-state index in [2.05, 4.69) is 37.4 Å². The SMILES string of the molecule is COc1cccc(CC(CNCC(C)C)C2CC2)c1. The Hall–Kier alpha value is -1.02. The molecular weight excluding hydrogens is 234 g/mol. The number of methoxy groups -OCH3 is 1. The first-order chi connectivity index (χ1) is 9.19. The van der Waals surface area contributed by atoms with E-state index < -0.39 is 0 Å². The van der Waals surface area contributed by atoms with E-state index in [-0.39, 0.29) is 0 Å². The molecule has 0 bridgehead atoms. The second kappa shape index (κ2) is 6.95. The van der Waals surface area contributed by atoms with Crippen LogP contribution < -0.4 is 10.1 Å². The average molecular weight is 261 g/mol. The van der Waals surface area contributed by atoms with E-state index in [0.717, 1.165) is 36.6 Å². The molecule has 0 aromatic heterocycles. The molecule has 1 N–H and O–H groups in total. The summed E-state index contributed by atoms with van der Waals surface area (Å²) < 4.78 is 5.31. The van der Waals surface area contributed by atoms with Gasteiger partial charge in [-0.25, -0.2) is 0 Å². The number of nitrogens with one attached hydrogen (secondary N) is 1. The Morgan fingerprint density at radius 2 is 2.05 bits per heavy atom. The third-order valence-corrected chi connectivity index (χ3v) is 3.88. The molecule has 0 heterocycles. The molecular formula is C17H27NO. The third-order valence-electron chi connectivity index (χ3n) is 3.88. The molecule has 0 amide bonds. The minimum Gasteiger partial charge on any atom is -0.497 e. The Labute approximate surface area is 117 Å². The molecule has 0 spiro atoms. The van der Waals surface area contributed by atoms with Crippen molar-refractivity contribution in [1.82, 2.24) is 5.32 Å². The lowest BCUT2D eigenvalue weighted by Gasteiger charge is -2.18. The zero-order chi connectivity index (χ0) is 13.7. The zero-order valence-electron chi connectivity index (χ0n) is 12.5. The topological polar surface area (TPSA) is 21.3 Å². The Bertz CT molecular complexity index is 385. The van der Waals surface area contributed by atoms with Crippen molar-refractivity contribution < 1.29 is 4.74 Å². The Morgan fingerprint density at radius 3 is 2.68 bits per heavy atom. The van der Waals surface area contributed by atoms with Crippen LogP contribution in [-0.4, -0.2) is 20.2 Å². The van der Waals surface area contributed by atoms with Gasteiger partial charge in [0, 0.05) is 0 Å². The molecule has 1 fully saturated rings. The monoisotopic (exact) mass is 261 g/mol. The normalized spacial score (nSPS) is 16.6. The van der Waals surface area contributed by atoms with Crippen LogP contribution in [-0.2, 0) is 6.42 Å². The van der Waals surface area contributed by atoms with Crippen molar-refractivity contribution in [2.45, 2.75) is 33.1 Å². The number of rotatable bonds is 8. The summed E-state index contributed by atoms with van der Waals surface area (Å²) in [6.45, 7) is 6.81. The van der Waals surface area contributed by atoms with Crippen LogP contribution in [0.15, 0.2) is 24.3 Å². The standard InChI is InChI=1S/C17H27NO/c1-13(2)11-18-12-16(15-7-8-15)9-14-5-4-6-17(10-14)19-3/h4-6,10,13,15-16,18H,7-9,11-12H2,1-3H3. The van der Waals surface area contributed by atoms with E-state index in [1.54, 1.807) is 7.11 Å². The summed E-state index contributed by atoms with van der Waals surface area (Å²) in [4.78, 5) is 0. The van der Waals surface area contributed by atoms with Gasteiger partial charge >= 0.3 is 0 Å². The van der Waals surface area contributed by atoms with Crippen LogP contribution in [0.5, 0.6) is 5.75 Å². The van der Waals surface area contributed by atoms with Gasteiger partial charge in [0.2, 0.25) is 0 Å². The van der Waals surface area contributed by atoms with Crippen LogP contribution in [0.2, 0.25) is 0 Å². The summed E-state index contributed by atoms with van der Waals surface area (Å²) in [6, 6.07) is 8.52. The van der Waals surface area contributed by atoms with Gasteiger partial charge in [-0.05, 0) is 67.8 Å². The first kappa shape index (κ1) is 14.4. The molecule has 19 heavy (non-hydrogen) atoms. The average Bonchev–Trinajstić information content (AvgIpc) is 3.22. The third kappa shape index (κ3) is 4.87. The molecule has 1 saturated carbocycles. The molecule has 2 rings (SSSR count). The van der Waals surface area contributed by atoms with Crippen LogP contribution in [0.25, 0.3) is 0 Å². The minimum atomic E-state index is 0.733. The van der Waals surface area contributed by atoms with Gasteiger partial charge in [0.1, 0.15) is 5.75 Å².